The Morgan fingerprint density at radius 2 is 2.05 bits per heavy atom. The number of aliphatic hydroxyl groups is 1. The van der Waals surface area contributed by atoms with Crippen molar-refractivity contribution in [1.29, 1.82) is 0 Å². The maximum atomic E-state index is 12.0. The van der Waals surface area contributed by atoms with Gasteiger partial charge in [0.1, 0.15) is 17.9 Å². The summed E-state index contributed by atoms with van der Waals surface area (Å²) >= 11 is 0. The third-order valence-corrected chi connectivity index (χ3v) is 3.69. The lowest BCUT2D eigenvalue weighted by molar-refractivity contribution is 0.123. The highest BCUT2D eigenvalue weighted by molar-refractivity contribution is 5.87. The van der Waals surface area contributed by atoms with E-state index < -0.39 is 6.10 Å². The Morgan fingerprint density at radius 1 is 1.30 bits per heavy atom. The molecule has 0 saturated carbocycles. The van der Waals surface area contributed by atoms with E-state index in [1.807, 2.05) is 6.07 Å². The van der Waals surface area contributed by atoms with Crippen LogP contribution < -0.4 is 10.4 Å². The van der Waals surface area contributed by atoms with Gasteiger partial charge in [-0.3, -0.25) is 0 Å². The highest BCUT2D eigenvalue weighted by atomic mass is 16.5. The lowest BCUT2D eigenvalue weighted by Gasteiger charge is -2.18. The van der Waals surface area contributed by atoms with Crippen molar-refractivity contribution in [1.82, 2.24) is 0 Å². The van der Waals surface area contributed by atoms with E-state index >= 15 is 0 Å². The molecule has 1 aliphatic carbocycles. The third kappa shape index (κ3) is 2.31. The molecule has 2 aromatic rings. The maximum absolute atomic E-state index is 12.0. The molecule has 0 radical (unpaired) electrons. The smallest absolute Gasteiger partial charge is 0.339 e. The van der Waals surface area contributed by atoms with Crippen molar-refractivity contribution in [3.05, 3.63) is 39.7 Å². The van der Waals surface area contributed by atoms with E-state index in [4.69, 9.17) is 9.15 Å². The molecule has 0 bridgehead atoms. The van der Waals surface area contributed by atoms with Crippen LogP contribution in [0.5, 0.6) is 5.75 Å². The summed E-state index contributed by atoms with van der Waals surface area (Å²) in [5.41, 5.74) is 2.19. The second kappa shape index (κ2) is 5.29. The second-order valence-electron chi connectivity index (χ2n) is 5.34. The Kier molecular flexibility index (Phi) is 3.49. The van der Waals surface area contributed by atoms with Gasteiger partial charge in [-0.2, -0.15) is 0 Å². The van der Waals surface area contributed by atoms with Crippen molar-refractivity contribution in [3.8, 4) is 5.75 Å². The van der Waals surface area contributed by atoms with Gasteiger partial charge in [0.05, 0.1) is 11.5 Å². The van der Waals surface area contributed by atoms with Crippen LogP contribution in [0.25, 0.3) is 11.0 Å². The van der Waals surface area contributed by atoms with Gasteiger partial charge in [-0.25, -0.2) is 4.79 Å². The quantitative estimate of drug-likeness (QED) is 0.873. The summed E-state index contributed by atoms with van der Waals surface area (Å²) in [4.78, 5) is 12.0. The fourth-order valence-electron chi connectivity index (χ4n) is 2.79. The summed E-state index contributed by atoms with van der Waals surface area (Å²) in [6.07, 6.45) is 3.23. The second-order valence-corrected chi connectivity index (χ2v) is 5.34. The van der Waals surface area contributed by atoms with Crippen molar-refractivity contribution in [2.24, 2.45) is 0 Å². The summed E-state index contributed by atoms with van der Waals surface area (Å²) in [5, 5.41) is 10.3. The molecule has 1 aromatic carbocycles. The van der Waals surface area contributed by atoms with Crippen LogP contribution in [0.2, 0.25) is 0 Å². The zero-order valence-corrected chi connectivity index (χ0v) is 11.5. The lowest BCUT2D eigenvalue weighted by atomic mass is 9.90. The summed E-state index contributed by atoms with van der Waals surface area (Å²) in [5.74, 6) is 0.685. The van der Waals surface area contributed by atoms with Gasteiger partial charge in [0.2, 0.25) is 0 Å². The Hall–Kier alpha value is -1.81. The minimum absolute atomic E-state index is 0.222. The van der Waals surface area contributed by atoms with E-state index in [-0.39, 0.29) is 12.2 Å². The van der Waals surface area contributed by atoms with Crippen LogP contribution in [0.4, 0.5) is 0 Å². The maximum Gasteiger partial charge on any atom is 0.339 e. The number of benzene rings is 1. The predicted molar refractivity (Wildman–Crippen MR) is 76.3 cm³/mol. The molecule has 0 spiro atoms. The molecule has 4 heteroatoms. The van der Waals surface area contributed by atoms with E-state index in [1.54, 1.807) is 19.1 Å². The molecular formula is C16H18O4. The molecule has 106 valence electrons. The van der Waals surface area contributed by atoms with Crippen LogP contribution in [-0.2, 0) is 12.8 Å². The molecule has 0 amide bonds. The van der Waals surface area contributed by atoms with Crippen LogP contribution in [0.3, 0.4) is 0 Å². The monoisotopic (exact) mass is 274 g/mol. The molecular weight excluding hydrogens is 256 g/mol. The number of ether oxygens (including phenoxy) is 1. The Balaban J connectivity index is 2.18. The van der Waals surface area contributed by atoms with Crippen LogP contribution in [0, 0.1) is 0 Å². The van der Waals surface area contributed by atoms with Crippen molar-refractivity contribution >= 4 is 11.0 Å². The number of fused-ring (bicyclic) bond motifs is 3. The molecule has 4 nitrogen and oxygen atoms in total. The number of aliphatic hydroxyl groups excluding tert-OH is 1. The van der Waals surface area contributed by atoms with Crippen LogP contribution in [0.15, 0.2) is 27.4 Å². The minimum Gasteiger partial charge on any atom is -0.490 e. The minimum atomic E-state index is -0.531. The first-order valence-corrected chi connectivity index (χ1v) is 7.05. The SMILES string of the molecule is CC(O)COc1cccc2oc(=O)c3c(c12)CCCC3. The molecule has 3 rings (SSSR count). The largest absolute Gasteiger partial charge is 0.490 e. The van der Waals surface area contributed by atoms with Gasteiger partial charge in [0, 0.05) is 5.56 Å². The first kappa shape index (κ1) is 13.2. The fraction of sp³-hybridized carbons (Fsp3) is 0.438. The van der Waals surface area contributed by atoms with Crippen molar-refractivity contribution in [2.45, 2.75) is 38.7 Å². The summed E-state index contributed by atoms with van der Waals surface area (Å²) in [7, 11) is 0. The normalized spacial score (nSPS) is 15.9. The van der Waals surface area contributed by atoms with E-state index in [9.17, 15) is 9.90 Å². The van der Waals surface area contributed by atoms with Gasteiger partial charge >= 0.3 is 5.63 Å². The predicted octanol–water partition coefficient (Wildman–Crippen LogP) is 2.43. The van der Waals surface area contributed by atoms with Gasteiger partial charge in [-0.05, 0) is 50.3 Å². The Bertz CT molecular complexity index is 685. The van der Waals surface area contributed by atoms with E-state index in [1.165, 1.54) is 0 Å². The Morgan fingerprint density at radius 3 is 2.80 bits per heavy atom. The number of hydrogen-bond donors (Lipinski definition) is 1. The molecule has 1 aliphatic rings. The van der Waals surface area contributed by atoms with Crippen molar-refractivity contribution in [2.75, 3.05) is 6.61 Å². The standard InChI is InChI=1S/C16H18O4/c1-10(17)9-19-13-7-4-8-14-15(13)11-5-2-3-6-12(11)16(18)20-14/h4,7-8,10,17H,2-3,5-6,9H2,1H3. The highest BCUT2D eigenvalue weighted by Gasteiger charge is 2.20. The topological polar surface area (TPSA) is 59.7 Å². The highest BCUT2D eigenvalue weighted by Crippen LogP contribution is 2.33. The summed E-state index contributed by atoms with van der Waals surface area (Å²) in [6, 6.07) is 5.46. The van der Waals surface area contributed by atoms with Crippen LogP contribution in [0.1, 0.15) is 30.9 Å². The molecule has 0 fully saturated rings. The molecule has 0 aliphatic heterocycles. The average molecular weight is 274 g/mol. The van der Waals surface area contributed by atoms with Crippen molar-refractivity contribution < 1.29 is 14.3 Å². The van der Waals surface area contributed by atoms with Gasteiger partial charge in [-0.15, -0.1) is 0 Å². The first-order valence-electron chi connectivity index (χ1n) is 7.05. The summed E-state index contributed by atoms with van der Waals surface area (Å²) in [6.45, 7) is 1.91. The average Bonchev–Trinajstić information content (AvgIpc) is 2.45. The third-order valence-electron chi connectivity index (χ3n) is 3.69. The van der Waals surface area contributed by atoms with Crippen LogP contribution in [-0.4, -0.2) is 17.8 Å². The number of hydrogen-bond acceptors (Lipinski definition) is 4. The lowest BCUT2D eigenvalue weighted by Crippen LogP contribution is -2.17. The van der Waals surface area contributed by atoms with Gasteiger partial charge < -0.3 is 14.3 Å². The molecule has 1 N–H and O–H groups in total. The molecule has 1 unspecified atom stereocenters. The van der Waals surface area contributed by atoms with Crippen LogP contribution >= 0.6 is 0 Å². The Labute approximate surface area is 117 Å². The zero-order valence-electron chi connectivity index (χ0n) is 11.5. The van der Waals surface area contributed by atoms with E-state index in [2.05, 4.69) is 0 Å². The summed E-state index contributed by atoms with van der Waals surface area (Å²) < 4.78 is 11.1. The number of aryl methyl sites for hydroxylation is 1. The zero-order chi connectivity index (χ0) is 14.1. The van der Waals surface area contributed by atoms with Gasteiger partial charge in [0.15, 0.2) is 0 Å². The fourth-order valence-corrected chi connectivity index (χ4v) is 2.79. The van der Waals surface area contributed by atoms with Crippen molar-refractivity contribution in [3.63, 3.8) is 0 Å². The van der Waals surface area contributed by atoms with E-state index in [0.717, 1.165) is 42.2 Å². The molecule has 1 heterocycles. The molecule has 20 heavy (non-hydrogen) atoms. The molecule has 1 aromatic heterocycles. The van der Waals surface area contributed by atoms with Gasteiger partial charge in [0.25, 0.3) is 0 Å². The first-order chi connectivity index (χ1) is 9.66. The number of rotatable bonds is 3. The molecule has 0 saturated heterocycles. The van der Waals surface area contributed by atoms with Gasteiger partial charge in [-0.1, -0.05) is 6.07 Å². The molecule has 1 atom stereocenters. The van der Waals surface area contributed by atoms with E-state index in [0.29, 0.717) is 11.3 Å².